The molecule has 0 radical (unpaired) electrons. The Morgan fingerprint density at radius 2 is 1.93 bits per heavy atom. The van der Waals surface area contributed by atoms with Crippen LogP contribution in [0.2, 0.25) is 0 Å². The number of hydrogen-bond acceptors (Lipinski definition) is 4. The van der Waals surface area contributed by atoms with Crippen LogP contribution in [0.3, 0.4) is 0 Å². The molecule has 2 unspecified atom stereocenters. The smallest absolute Gasteiger partial charge is 0.407 e. The van der Waals surface area contributed by atoms with E-state index < -0.39 is 0 Å². The number of alkyl carbamates (subject to hydrolysis) is 1. The van der Waals surface area contributed by atoms with Gasteiger partial charge in [0.05, 0.1) is 25.9 Å². The lowest BCUT2D eigenvalue weighted by Gasteiger charge is -2.21. The summed E-state index contributed by atoms with van der Waals surface area (Å²) in [5, 5.41) is 9.57. The number of rotatable bonds is 11. The van der Waals surface area contributed by atoms with Crippen LogP contribution in [0.25, 0.3) is 0 Å². The van der Waals surface area contributed by atoms with Gasteiger partial charge in [0, 0.05) is 20.1 Å². The summed E-state index contributed by atoms with van der Waals surface area (Å²) in [5.41, 5.74) is 1.18. The molecule has 1 fully saturated rings. The molecule has 1 aromatic carbocycles. The predicted octanol–water partition coefficient (Wildman–Crippen LogP) is 2.53. The summed E-state index contributed by atoms with van der Waals surface area (Å²) in [4.78, 5) is 16.0. The van der Waals surface area contributed by atoms with Crippen molar-refractivity contribution in [2.75, 3.05) is 33.4 Å². The minimum Gasteiger partial charge on any atom is -0.450 e. The van der Waals surface area contributed by atoms with Gasteiger partial charge in [0.25, 0.3) is 0 Å². The van der Waals surface area contributed by atoms with Gasteiger partial charge in [-0.3, -0.25) is 4.99 Å². The second-order valence-electron chi connectivity index (χ2n) is 7.25. The largest absolute Gasteiger partial charge is 0.450 e. The standard InChI is InChI=1S/C21H34N4O3/c1-4-28-21(26)25-19(18-10-11-18)13-24-20(22-3)23-12-16(2)14-27-15-17-8-6-5-7-9-17/h5-9,16,18-19H,4,10-15H2,1-3H3,(H,25,26)(H2,22,23,24). The average molecular weight is 391 g/mol. The van der Waals surface area contributed by atoms with Crippen molar-refractivity contribution in [3.8, 4) is 0 Å². The van der Waals surface area contributed by atoms with E-state index in [2.05, 4.69) is 40.0 Å². The van der Waals surface area contributed by atoms with Gasteiger partial charge in [0.1, 0.15) is 0 Å². The third kappa shape index (κ3) is 8.61. The summed E-state index contributed by atoms with van der Waals surface area (Å²) in [6, 6.07) is 10.2. The fourth-order valence-corrected chi connectivity index (χ4v) is 2.87. The fraction of sp³-hybridized carbons (Fsp3) is 0.619. The highest BCUT2D eigenvalue weighted by Crippen LogP contribution is 2.32. The molecule has 3 N–H and O–H groups in total. The van der Waals surface area contributed by atoms with Gasteiger partial charge in [-0.05, 0) is 37.2 Å². The summed E-state index contributed by atoms with van der Waals surface area (Å²) in [6.07, 6.45) is 1.93. The molecule has 0 aromatic heterocycles. The highest BCUT2D eigenvalue weighted by atomic mass is 16.5. The van der Waals surface area contributed by atoms with Crippen molar-refractivity contribution < 1.29 is 14.3 Å². The summed E-state index contributed by atoms with van der Waals surface area (Å²) in [5.74, 6) is 1.59. The molecule has 1 aliphatic rings. The minimum atomic E-state index is -0.353. The lowest BCUT2D eigenvalue weighted by Crippen LogP contribution is -2.48. The van der Waals surface area contributed by atoms with Gasteiger partial charge < -0.3 is 25.4 Å². The molecule has 1 amide bonds. The number of carbonyl (C=O) groups excluding carboxylic acids is 1. The molecule has 156 valence electrons. The lowest BCUT2D eigenvalue weighted by atomic mass is 10.2. The Labute approximate surface area is 168 Å². The van der Waals surface area contributed by atoms with Crippen molar-refractivity contribution >= 4 is 12.1 Å². The predicted molar refractivity (Wildman–Crippen MR) is 111 cm³/mol. The zero-order chi connectivity index (χ0) is 20.2. The van der Waals surface area contributed by atoms with E-state index in [1.54, 1.807) is 14.0 Å². The van der Waals surface area contributed by atoms with Crippen molar-refractivity contribution in [3.63, 3.8) is 0 Å². The van der Waals surface area contributed by atoms with E-state index in [1.807, 2.05) is 18.2 Å². The van der Waals surface area contributed by atoms with Crippen LogP contribution in [0.1, 0.15) is 32.3 Å². The maximum absolute atomic E-state index is 11.7. The topological polar surface area (TPSA) is 84.0 Å². The van der Waals surface area contributed by atoms with Crippen LogP contribution in [-0.4, -0.2) is 51.4 Å². The molecule has 0 saturated heterocycles. The molecule has 1 saturated carbocycles. The quantitative estimate of drug-likeness (QED) is 0.399. The summed E-state index contributed by atoms with van der Waals surface area (Å²) < 4.78 is 10.8. The van der Waals surface area contributed by atoms with Gasteiger partial charge in [0.15, 0.2) is 5.96 Å². The average Bonchev–Trinajstić information content (AvgIpc) is 3.53. The molecule has 7 nitrogen and oxygen atoms in total. The van der Waals surface area contributed by atoms with Gasteiger partial charge in [-0.15, -0.1) is 0 Å². The normalized spacial score (nSPS) is 16.2. The van der Waals surface area contributed by atoms with E-state index in [0.29, 0.717) is 38.2 Å². The van der Waals surface area contributed by atoms with E-state index in [4.69, 9.17) is 9.47 Å². The Hall–Kier alpha value is -2.28. The highest BCUT2D eigenvalue weighted by molar-refractivity contribution is 5.79. The monoisotopic (exact) mass is 390 g/mol. The molecular weight excluding hydrogens is 356 g/mol. The number of nitrogens with zero attached hydrogens (tertiary/aromatic N) is 1. The first-order valence-corrected chi connectivity index (χ1v) is 10.1. The molecule has 2 rings (SSSR count). The van der Waals surface area contributed by atoms with Crippen molar-refractivity contribution in [2.24, 2.45) is 16.8 Å². The SMILES string of the molecule is CCOC(=O)NC(CNC(=NC)NCC(C)COCc1ccccc1)C1CC1. The van der Waals surface area contributed by atoms with Gasteiger partial charge >= 0.3 is 6.09 Å². The number of aliphatic imine (C=N–C) groups is 1. The van der Waals surface area contributed by atoms with E-state index in [1.165, 1.54) is 5.56 Å². The number of amides is 1. The maximum Gasteiger partial charge on any atom is 0.407 e. The van der Waals surface area contributed by atoms with Crippen LogP contribution in [-0.2, 0) is 16.1 Å². The summed E-state index contributed by atoms with van der Waals surface area (Å²) >= 11 is 0. The van der Waals surface area contributed by atoms with Crippen molar-refractivity contribution in [1.82, 2.24) is 16.0 Å². The first-order valence-electron chi connectivity index (χ1n) is 10.1. The van der Waals surface area contributed by atoms with Crippen LogP contribution >= 0.6 is 0 Å². The first-order chi connectivity index (χ1) is 13.6. The molecule has 2 atom stereocenters. The third-order valence-corrected chi connectivity index (χ3v) is 4.61. The summed E-state index contributed by atoms with van der Waals surface area (Å²) in [7, 11) is 1.75. The van der Waals surface area contributed by atoms with Crippen LogP contribution < -0.4 is 16.0 Å². The second kappa shape index (κ2) is 12.2. The molecule has 1 aliphatic carbocycles. The molecule has 0 heterocycles. The Kier molecular flexibility index (Phi) is 9.62. The fourth-order valence-electron chi connectivity index (χ4n) is 2.87. The van der Waals surface area contributed by atoms with E-state index >= 15 is 0 Å². The Morgan fingerprint density at radius 1 is 1.21 bits per heavy atom. The highest BCUT2D eigenvalue weighted by Gasteiger charge is 2.32. The maximum atomic E-state index is 11.7. The molecule has 0 aliphatic heterocycles. The lowest BCUT2D eigenvalue weighted by molar-refractivity contribution is 0.0931. The molecule has 1 aromatic rings. The zero-order valence-electron chi connectivity index (χ0n) is 17.2. The van der Waals surface area contributed by atoms with Gasteiger partial charge in [-0.1, -0.05) is 37.3 Å². The Balaban J connectivity index is 1.64. The molecule has 28 heavy (non-hydrogen) atoms. The van der Waals surface area contributed by atoms with E-state index in [0.717, 1.165) is 25.3 Å². The Bertz CT molecular complexity index is 605. The van der Waals surface area contributed by atoms with Gasteiger partial charge in [-0.2, -0.15) is 0 Å². The zero-order valence-corrected chi connectivity index (χ0v) is 17.2. The van der Waals surface area contributed by atoms with Gasteiger partial charge in [0.2, 0.25) is 0 Å². The molecule has 0 spiro atoms. The van der Waals surface area contributed by atoms with Crippen molar-refractivity contribution in [2.45, 2.75) is 39.3 Å². The number of carbonyl (C=O) groups is 1. The number of ether oxygens (including phenoxy) is 2. The van der Waals surface area contributed by atoms with Crippen LogP contribution in [0.15, 0.2) is 35.3 Å². The summed E-state index contributed by atoms with van der Waals surface area (Å²) in [6.45, 7) is 7.01. The number of guanidine groups is 1. The van der Waals surface area contributed by atoms with Crippen molar-refractivity contribution in [1.29, 1.82) is 0 Å². The van der Waals surface area contributed by atoms with E-state index in [9.17, 15) is 4.79 Å². The molecule has 0 bridgehead atoms. The Morgan fingerprint density at radius 3 is 2.57 bits per heavy atom. The van der Waals surface area contributed by atoms with Crippen LogP contribution in [0.4, 0.5) is 4.79 Å². The third-order valence-electron chi connectivity index (χ3n) is 4.61. The number of nitrogens with one attached hydrogen (secondary N) is 3. The van der Waals surface area contributed by atoms with E-state index in [-0.39, 0.29) is 12.1 Å². The molecule has 7 heteroatoms. The number of benzene rings is 1. The van der Waals surface area contributed by atoms with Crippen LogP contribution in [0, 0.1) is 11.8 Å². The first kappa shape index (κ1) is 22.0. The van der Waals surface area contributed by atoms with Crippen molar-refractivity contribution in [3.05, 3.63) is 35.9 Å². The van der Waals surface area contributed by atoms with Crippen LogP contribution in [0.5, 0.6) is 0 Å². The minimum absolute atomic E-state index is 0.0595. The molecular formula is C21H34N4O3. The van der Waals surface area contributed by atoms with Gasteiger partial charge in [-0.25, -0.2) is 4.79 Å². The second-order valence-corrected chi connectivity index (χ2v) is 7.25. The number of hydrogen-bond donors (Lipinski definition) is 3.